The Morgan fingerprint density at radius 3 is 2.52 bits per heavy atom. The Labute approximate surface area is 238 Å². The van der Waals surface area contributed by atoms with E-state index in [1.165, 1.54) is 6.20 Å². The summed E-state index contributed by atoms with van der Waals surface area (Å²) in [5, 5.41) is 2.83. The Hall–Kier alpha value is -3.90. The molecule has 0 bridgehead atoms. The van der Waals surface area contributed by atoms with E-state index in [9.17, 15) is 22.8 Å². The normalized spacial score (nSPS) is 19.0. The minimum Gasteiger partial charge on any atom is -0.461 e. The molecule has 2 aliphatic rings. The molecule has 4 heterocycles. The predicted octanol–water partition coefficient (Wildman–Crippen LogP) is 6.09. The first-order valence-electron chi connectivity index (χ1n) is 13.5. The van der Waals surface area contributed by atoms with E-state index in [0.29, 0.717) is 35.2 Å². The largest absolute Gasteiger partial charge is 0.461 e. The van der Waals surface area contributed by atoms with Gasteiger partial charge in [-0.25, -0.2) is 13.6 Å². The van der Waals surface area contributed by atoms with Gasteiger partial charge in [-0.15, -0.1) is 0 Å². The van der Waals surface area contributed by atoms with E-state index in [2.05, 4.69) is 10.3 Å². The van der Waals surface area contributed by atoms with E-state index >= 15 is 8.78 Å². The quantitative estimate of drug-likeness (QED) is 0.369. The molecular formula is C29H31F5N4O4. The lowest BCUT2D eigenvalue weighted by molar-refractivity contribution is -0.141. The number of anilines is 1. The molecule has 0 aliphatic carbocycles. The number of benzene rings is 1. The van der Waals surface area contributed by atoms with Gasteiger partial charge in [0.15, 0.2) is 0 Å². The number of nitrogens with one attached hydrogen (secondary N) is 1. The number of aromatic nitrogens is 1. The number of carbonyl (C=O) groups excluding carboxylic acids is 2. The van der Waals surface area contributed by atoms with E-state index in [1.54, 1.807) is 45.9 Å². The van der Waals surface area contributed by atoms with Crippen LogP contribution < -0.4 is 10.2 Å². The molecule has 0 radical (unpaired) electrons. The van der Waals surface area contributed by atoms with Crippen molar-refractivity contribution < 1.29 is 40.7 Å². The molecule has 1 atom stereocenters. The average Bonchev–Trinajstić information content (AvgIpc) is 3.22. The highest BCUT2D eigenvalue weighted by Crippen LogP contribution is 2.35. The molecule has 1 saturated heterocycles. The number of piperidine rings is 1. The second kappa shape index (κ2) is 10.4. The third-order valence-corrected chi connectivity index (χ3v) is 7.38. The number of halogens is 5. The number of ether oxygens (including phenoxy) is 1. The molecule has 1 N–H and O–H groups in total. The number of rotatable bonds is 3. The van der Waals surface area contributed by atoms with Gasteiger partial charge in [0.25, 0.3) is 11.8 Å². The van der Waals surface area contributed by atoms with Crippen LogP contribution in [0.5, 0.6) is 0 Å². The van der Waals surface area contributed by atoms with Crippen molar-refractivity contribution in [1.29, 1.82) is 0 Å². The Kier molecular flexibility index (Phi) is 7.34. The maximum absolute atomic E-state index is 15.1. The van der Waals surface area contributed by atoms with Crippen LogP contribution in [-0.2, 0) is 23.9 Å². The zero-order valence-electron chi connectivity index (χ0n) is 23.6. The second-order valence-corrected chi connectivity index (χ2v) is 11.7. The number of nitrogens with zero attached hydrogens (tertiary/aromatic N) is 3. The van der Waals surface area contributed by atoms with Gasteiger partial charge in [-0.3, -0.25) is 9.78 Å². The molecule has 5 rings (SSSR count). The zero-order valence-corrected chi connectivity index (χ0v) is 23.6. The summed E-state index contributed by atoms with van der Waals surface area (Å²) in [5.74, 6) is -3.92. The van der Waals surface area contributed by atoms with E-state index in [-0.39, 0.29) is 30.8 Å². The summed E-state index contributed by atoms with van der Waals surface area (Å²) < 4.78 is 80.8. The summed E-state index contributed by atoms with van der Waals surface area (Å²) in [6, 6.07) is 4.60. The molecule has 1 unspecified atom stereocenters. The minimum absolute atomic E-state index is 0.0211. The second-order valence-electron chi connectivity index (χ2n) is 11.7. The molecule has 3 aromatic rings. The molecule has 0 spiro atoms. The van der Waals surface area contributed by atoms with Crippen molar-refractivity contribution in [1.82, 2.24) is 15.2 Å². The van der Waals surface area contributed by atoms with Crippen LogP contribution >= 0.6 is 0 Å². The lowest BCUT2D eigenvalue weighted by atomic mass is 9.99. The van der Waals surface area contributed by atoms with Gasteiger partial charge < -0.3 is 24.3 Å². The molecule has 0 saturated carbocycles. The topological polar surface area (TPSA) is 87.9 Å². The van der Waals surface area contributed by atoms with Crippen molar-refractivity contribution in [2.24, 2.45) is 0 Å². The van der Waals surface area contributed by atoms with Gasteiger partial charge in [0.2, 0.25) is 0 Å². The highest BCUT2D eigenvalue weighted by molar-refractivity contribution is 6.08. The third kappa shape index (κ3) is 6.00. The fourth-order valence-corrected chi connectivity index (χ4v) is 5.33. The number of aryl methyl sites for hydroxylation is 1. The fourth-order valence-electron chi connectivity index (χ4n) is 5.33. The van der Waals surface area contributed by atoms with Crippen LogP contribution in [0, 0.1) is 6.92 Å². The summed E-state index contributed by atoms with van der Waals surface area (Å²) in [6.45, 7) is 6.27. The highest BCUT2D eigenvalue weighted by atomic mass is 19.4. The van der Waals surface area contributed by atoms with Crippen molar-refractivity contribution in [3.05, 3.63) is 58.6 Å². The van der Waals surface area contributed by atoms with Gasteiger partial charge in [-0.2, -0.15) is 13.2 Å². The van der Waals surface area contributed by atoms with Gasteiger partial charge in [-0.05, 0) is 75.9 Å². The number of pyridine rings is 1. The molecule has 8 nitrogen and oxygen atoms in total. The molecule has 2 aliphatic heterocycles. The number of hydrogen-bond acceptors (Lipinski definition) is 6. The van der Waals surface area contributed by atoms with E-state index in [1.807, 2.05) is 4.90 Å². The van der Waals surface area contributed by atoms with Crippen molar-refractivity contribution in [2.45, 2.75) is 70.8 Å². The first-order chi connectivity index (χ1) is 19.5. The molecule has 42 heavy (non-hydrogen) atoms. The van der Waals surface area contributed by atoms with Crippen molar-refractivity contribution in [2.75, 3.05) is 24.5 Å². The summed E-state index contributed by atoms with van der Waals surface area (Å²) in [5.41, 5.74) is 0.549. The van der Waals surface area contributed by atoms with Crippen LogP contribution in [0.15, 0.2) is 34.9 Å². The lowest BCUT2D eigenvalue weighted by Crippen LogP contribution is -2.59. The van der Waals surface area contributed by atoms with Crippen LogP contribution in [0.25, 0.3) is 11.0 Å². The zero-order chi connectivity index (χ0) is 30.6. The smallest absolute Gasteiger partial charge is 0.433 e. The number of amides is 2. The molecule has 2 aromatic heterocycles. The van der Waals surface area contributed by atoms with Gasteiger partial charge in [0.1, 0.15) is 22.6 Å². The van der Waals surface area contributed by atoms with Gasteiger partial charge in [0, 0.05) is 36.9 Å². The summed E-state index contributed by atoms with van der Waals surface area (Å²) in [4.78, 5) is 32.0. The monoisotopic (exact) mass is 594 g/mol. The highest BCUT2D eigenvalue weighted by Gasteiger charge is 2.47. The maximum atomic E-state index is 15.1. The summed E-state index contributed by atoms with van der Waals surface area (Å²) in [6.07, 6.45) is -3.85. The Morgan fingerprint density at radius 1 is 1.12 bits per heavy atom. The molecule has 1 aromatic carbocycles. The van der Waals surface area contributed by atoms with Crippen molar-refractivity contribution in [3.8, 4) is 0 Å². The summed E-state index contributed by atoms with van der Waals surface area (Å²) >= 11 is 0. The van der Waals surface area contributed by atoms with E-state index in [4.69, 9.17) is 9.15 Å². The van der Waals surface area contributed by atoms with Crippen LogP contribution in [0.1, 0.15) is 60.1 Å². The third-order valence-electron chi connectivity index (χ3n) is 7.38. The standard InChI is InChI=1S/C29H31F5N4O4/c1-16-24(25(39)36-22-8-10-38(15-28(22,30)31)26(40)42-27(2,3)4)20-12-19(5-6-21(20)41-16)37-9-7-17-13-35-23(29(32,33)34)11-18(17)14-37/h5-6,11-13,22H,7-10,14-15H2,1-4H3,(H,36,39). The molecular weight excluding hydrogens is 563 g/mol. The lowest BCUT2D eigenvalue weighted by Gasteiger charge is -2.38. The SMILES string of the molecule is Cc1oc2ccc(N3CCc4cnc(C(F)(F)F)cc4C3)cc2c1C(=O)NC1CCN(C(=O)OC(C)(C)C)CC1(F)F. The van der Waals surface area contributed by atoms with E-state index < -0.39 is 48.0 Å². The number of likely N-dealkylation sites (tertiary alicyclic amines) is 1. The van der Waals surface area contributed by atoms with Crippen LogP contribution in [0.3, 0.4) is 0 Å². The maximum Gasteiger partial charge on any atom is 0.433 e. The molecule has 1 fully saturated rings. The number of hydrogen-bond donors (Lipinski definition) is 1. The molecule has 2 amide bonds. The van der Waals surface area contributed by atoms with Crippen molar-refractivity contribution >= 4 is 28.7 Å². The molecule has 13 heteroatoms. The van der Waals surface area contributed by atoms with Gasteiger partial charge >= 0.3 is 12.3 Å². The average molecular weight is 595 g/mol. The van der Waals surface area contributed by atoms with Gasteiger partial charge in [-0.1, -0.05) is 0 Å². The fraction of sp³-hybridized carbons (Fsp3) is 0.483. The van der Waals surface area contributed by atoms with Crippen LogP contribution in [0.2, 0.25) is 0 Å². The van der Waals surface area contributed by atoms with Gasteiger partial charge in [0.05, 0.1) is 18.2 Å². The Balaban J connectivity index is 1.34. The van der Waals surface area contributed by atoms with Crippen LogP contribution in [0.4, 0.5) is 32.4 Å². The number of furan rings is 1. The summed E-state index contributed by atoms with van der Waals surface area (Å²) in [7, 11) is 0. The predicted molar refractivity (Wildman–Crippen MR) is 144 cm³/mol. The minimum atomic E-state index is -4.56. The Bertz CT molecular complexity index is 1530. The molecule has 226 valence electrons. The first-order valence-corrected chi connectivity index (χ1v) is 13.5. The van der Waals surface area contributed by atoms with E-state index in [0.717, 1.165) is 16.5 Å². The number of alkyl halides is 5. The van der Waals surface area contributed by atoms with Crippen molar-refractivity contribution in [3.63, 3.8) is 0 Å². The Morgan fingerprint density at radius 2 is 1.86 bits per heavy atom. The number of fused-ring (bicyclic) bond motifs is 2. The van der Waals surface area contributed by atoms with Crippen LogP contribution in [-0.4, -0.2) is 59.1 Å². The number of carbonyl (C=O) groups is 2. The first kappa shape index (κ1) is 29.6.